The van der Waals surface area contributed by atoms with Gasteiger partial charge in [-0.2, -0.15) is 0 Å². The van der Waals surface area contributed by atoms with E-state index in [1.54, 1.807) is 7.11 Å². The highest BCUT2D eigenvalue weighted by atomic mass is 16.5. The van der Waals surface area contributed by atoms with E-state index in [9.17, 15) is 4.79 Å². The van der Waals surface area contributed by atoms with Crippen molar-refractivity contribution in [1.29, 1.82) is 0 Å². The Kier molecular flexibility index (Phi) is 7.64. The molecule has 0 aliphatic rings. The normalized spacial score (nSPS) is 12.2. The van der Waals surface area contributed by atoms with Crippen molar-refractivity contribution in [2.24, 2.45) is 0 Å². The number of rotatable bonds is 10. The molecule has 0 bridgehead atoms. The summed E-state index contributed by atoms with van der Waals surface area (Å²) in [4.78, 5) is 14.8. The van der Waals surface area contributed by atoms with E-state index in [0.29, 0.717) is 12.1 Å². The molecule has 0 aliphatic carbocycles. The van der Waals surface area contributed by atoms with Crippen molar-refractivity contribution in [3.05, 3.63) is 65.7 Å². The molecule has 4 heteroatoms. The zero-order chi connectivity index (χ0) is 18.1. The van der Waals surface area contributed by atoms with E-state index in [-0.39, 0.29) is 11.8 Å². The molecule has 0 radical (unpaired) electrons. The van der Waals surface area contributed by atoms with Crippen molar-refractivity contribution in [1.82, 2.24) is 10.2 Å². The molecule has 25 heavy (non-hydrogen) atoms. The summed E-state index contributed by atoms with van der Waals surface area (Å²) >= 11 is 0. The van der Waals surface area contributed by atoms with E-state index >= 15 is 0 Å². The largest absolute Gasteiger partial charge is 0.497 e. The van der Waals surface area contributed by atoms with Gasteiger partial charge in [0.25, 0.3) is 0 Å². The number of likely N-dealkylation sites (N-methyl/N-ethyl adjacent to an activating group) is 1. The Labute approximate surface area is 150 Å². The van der Waals surface area contributed by atoms with Gasteiger partial charge in [-0.1, -0.05) is 44.2 Å². The van der Waals surface area contributed by atoms with Gasteiger partial charge in [-0.25, -0.2) is 0 Å². The van der Waals surface area contributed by atoms with Crippen molar-refractivity contribution in [2.75, 3.05) is 33.3 Å². The molecule has 1 atom stereocenters. The van der Waals surface area contributed by atoms with Crippen molar-refractivity contribution >= 4 is 5.78 Å². The van der Waals surface area contributed by atoms with Crippen molar-refractivity contribution in [2.45, 2.75) is 19.9 Å². The van der Waals surface area contributed by atoms with Crippen LogP contribution in [0.15, 0.2) is 54.6 Å². The van der Waals surface area contributed by atoms with Crippen molar-refractivity contribution in [3.8, 4) is 5.75 Å². The molecule has 1 N–H and O–H groups in total. The van der Waals surface area contributed by atoms with Gasteiger partial charge in [-0.05, 0) is 42.9 Å². The molecule has 0 fully saturated rings. The van der Waals surface area contributed by atoms with Gasteiger partial charge in [0, 0.05) is 18.2 Å². The Balaban J connectivity index is 1.96. The maximum absolute atomic E-state index is 12.4. The first-order chi connectivity index (χ1) is 12.2. The number of ketones is 1. The van der Waals surface area contributed by atoms with Crippen LogP contribution in [0.3, 0.4) is 0 Å². The summed E-state index contributed by atoms with van der Waals surface area (Å²) in [6.45, 7) is 7.36. The van der Waals surface area contributed by atoms with Crippen molar-refractivity contribution < 1.29 is 9.53 Å². The van der Waals surface area contributed by atoms with Gasteiger partial charge in [0.1, 0.15) is 5.75 Å². The number of ether oxygens (including phenoxy) is 1. The quantitative estimate of drug-likeness (QED) is 0.672. The number of carbonyl (C=O) groups excluding carboxylic acids is 1. The maximum atomic E-state index is 12.4. The molecule has 1 unspecified atom stereocenters. The number of methoxy groups -OCH3 is 1. The number of hydrogen-bond acceptors (Lipinski definition) is 4. The van der Waals surface area contributed by atoms with Crippen LogP contribution < -0.4 is 10.1 Å². The summed E-state index contributed by atoms with van der Waals surface area (Å²) in [5.41, 5.74) is 1.97. The lowest BCUT2D eigenvalue weighted by molar-refractivity contribution is 0.0987. The predicted molar refractivity (Wildman–Crippen MR) is 102 cm³/mol. The second kappa shape index (κ2) is 9.97. The van der Waals surface area contributed by atoms with Crippen LogP contribution in [0.5, 0.6) is 5.75 Å². The lowest BCUT2D eigenvalue weighted by atomic mass is 10.0. The minimum atomic E-state index is 0.0917. The molecule has 4 nitrogen and oxygen atoms in total. The lowest BCUT2D eigenvalue weighted by Gasteiger charge is -2.30. The Hall–Kier alpha value is -2.17. The second-order valence-electron chi connectivity index (χ2n) is 5.93. The summed E-state index contributed by atoms with van der Waals surface area (Å²) in [5, 5.41) is 3.34. The first kappa shape index (κ1) is 19.2. The Bertz CT molecular complexity index is 637. The fourth-order valence-corrected chi connectivity index (χ4v) is 3.00. The topological polar surface area (TPSA) is 41.6 Å². The second-order valence-corrected chi connectivity index (χ2v) is 5.93. The SMILES string of the molecule is CCN(CC)C(CNCC(=O)c1ccc(OC)cc1)c1ccccc1. The van der Waals surface area contributed by atoms with Crippen LogP contribution in [0.2, 0.25) is 0 Å². The van der Waals surface area contributed by atoms with Gasteiger partial charge < -0.3 is 10.1 Å². The third-order valence-electron chi connectivity index (χ3n) is 4.47. The van der Waals surface area contributed by atoms with Gasteiger partial charge in [-0.15, -0.1) is 0 Å². The minimum Gasteiger partial charge on any atom is -0.497 e. The fraction of sp³-hybridized carbons (Fsp3) is 0.381. The predicted octanol–water partition coefficient (Wildman–Crippen LogP) is 3.55. The van der Waals surface area contributed by atoms with E-state index in [1.807, 2.05) is 30.3 Å². The van der Waals surface area contributed by atoms with Crippen LogP contribution in [0.4, 0.5) is 0 Å². The minimum absolute atomic E-state index is 0.0917. The summed E-state index contributed by atoms with van der Waals surface area (Å²) in [6.07, 6.45) is 0. The highest BCUT2D eigenvalue weighted by Crippen LogP contribution is 2.19. The van der Waals surface area contributed by atoms with Gasteiger partial charge >= 0.3 is 0 Å². The zero-order valence-electron chi connectivity index (χ0n) is 15.4. The summed E-state index contributed by atoms with van der Waals surface area (Å²) in [7, 11) is 1.62. The molecular weight excluding hydrogens is 312 g/mol. The highest BCUT2D eigenvalue weighted by Gasteiger charge is 2.17. The molecule has 2 aromatic rings. The molecule has 134 valence electrons. The Morgan fingerprint density at radius 2 is 1.68 bits per heavy atom. The number of nitrogens with zero attached hydrogens (tertiary/aromatic N) is 1. The molecule has 0 aliphatic heterocycles. The van der Waals surface area contributed by atoms with Crippen LogP contribution >= 0.6 is 0 Å². The van der Waals surface area contributed by atoms with E-state index in [2.05, 4.69) is 48.3 Å². The number of benzene rings is 2. The van der Waals surface area contributed by atoms with Gasteiger partial charge in [0.2, 0.25) is 0 Å². The van der Waals surface area contributed by atoms with Crippen LogP contribution in [0.1, 0.15) is 35.8 Å². The molecule has 0 amide bonds. The maximum Gasteiger partial charge on any atom is 0.176 e. The zero-order valence-corrected chi connectivity index (χ0v) is 15.4. The monoisotopic (exact) mass is 340 g/mol. The molecule has 2 rings (SSSR count). The van der Waals surface area contributed by atoms with E-state index < -0.39 is 0 Å². The number of hydrogen-bond donors (Lipinski definition) is 1. The molecule has 0 spiro atoms. The molecule has 0 saturated carbocycles. The average Bonchev–Trinajstić information content (AvgIpc) is 2.68. The van der Waals surface area contributed by atoms with Crippen molar-refractivity contribution in [3.63, 3.8) is 0 Å². The molecule has 0 saturated heterocycles. The van der Waals surface area contributed by atoms with Gasteiger partial charge in [0.15, 0.2) is 5.78 Å². The summed E-state index contributed by atoms with van der Waals surface area (Å²) < 4.78 is 5.13. The summed E-state index contributed by atoms with van der Waals surface area (Å²) in [6, 6.07) is 18.0. The summed E-state index contributed by atoms with van der Waals surface area (Å²) in [5.74, 6) is 0.851. The molecular formula is C21H28N2O2. The number of nitrogens with one attached hydrogen (secondary N) is 1. The number of Topliss-reactive ketones (excluding diaryl/α,β-unsaturated/α-hetero) is 1. The first-order valence-electron chi connectivity index (χ1n) is 8.86. The first-order valence-corrected chi connectivity index (χ1v) is 8.86. The van der Waals surface area contributed by atoms with Crippen LogP contribution in [-0.2, 0) is 0 Å². The van der Waals surface area contributed by atoms with E-state index in [0.717, 1.165) is 25.4 Å². The number of carbonyl (C=O) groups is 1. The Morgan fingerprint density at radius 1 is 1.04 bits per heavy atom. The third-order valence-corrected chi connectivity index (χ3v) is 4.47. The standard InChI is InChI=1S/C21H28N2O2/c1-4-23(5-2)20(17-9-7-6-8-10-17)15-22-16-21(24)18-11-13-19(25-3)14-12-18/h6-14,20,22H,4-5,15-16H2,1-3H3. The van der Waals surface area contributed by atoms with E-state index in [4.69, 9.17) is 4.74 Å². The molecule has 0 heterocycles. The Morgan fingerprint density at radius 3 is 2.24 bits per heavy atom. The molecule has 2 aromatic carbocycles. The van der Waals surface area contributed by atoms with Gasteiger partial charge in [-0.3, -0.25) is 9.69 Å². The molecule has 0 aromatic heterocycles. The lowest BCUT2D eigenvalue weighted by Crippen LogP contribution is -2.37. The van der Waals surface area contributed by atoms with E-state index in [1.165, 1.54) is 5.56 Å². The van der Waals surface area contributed by atoms with Crippen LogP contribution in [-0.4, -0.2) is 44.0 Å². The van der Waals surface area contributed by atoms with Crippen LogP contribution in [0.25, 0.3) is 0 Å². The third kappa shape index (κ3) is 5.41. The van der Waals surface area contributed by atoms with Gasteiger partial charge in [0.05, 0.1) is 13.7 Å². The van der Waals surface area contributed by atoms with Crippen LogP contribution in [0, 0.1) is 0 Å². The smallest absolute Gasteiger partial charge is 0.176 e. The highest BCUT2D eigenvalue weighted by molar-refractivity contribution is 5.97. The fourth-order valence-electron chi connectivity index (χ4n) is 3.00. The average molecular weight is 340 g/mol.